The number of benzene rings is 1. The average Bonchev–Trinajstić information content (AvgIpc) is 3.32. The van der Waals surface area contributed by atoms with Gasteiger partial charge in [0.15, 0.2) is 0 Å². The molecular weight excluding hydrogens is 296 g/mol. The number of nitrogens with zero attached hydrogens (tertiary/aromatic N) is 1. The third kappa shape index (κ3) is 2.03. The topological polar surface area (TPSA) is 46.3 Å². The monoisotopic (exact) mass is 322 g/mol. The number of likely N-dealkylation sites (tertiary alicyclic amines) is 1. The van der Waals surface area contributed by atoms with Crippen molar-refractivity contribution in [2.75, 3.05) is 13.1 Å². The Bertz CT molecular complexity index is 704. The average molecular weight is 322 g/mol. The molecule has 3 aliphatic carbocycles. The van der Waals surface area contributed by atoms with Crippen molar-refractivity contribution in [3.8, 4) is 0 Å². The van der Waals surface area contributed by atoms with Crippen LogP contribution < -0.4 is 5.73 Å². The van der Waals surface area contributed by atoms with Gasteiger partial charge in [-0.3, -0.25) is 4.79 Å². The Labute approximate surface area is 143 Å². The smallest absolute Gasteiger partial charge is 0.226 e. The highest BCUT2D eigenvalue weighted by molar-refractivity contribution is 5.81. The van der Waals surface area contributed by atoms with Crippen LogP contribution in [-0.2, 0) is 11.3 Å². The number of nitrogens with two attached hydrogens (primary N) is 1. The summed E-state index contributed by atoms with van der Waals surface area (Å²) in [6.07, 6.45) is 9.34. The van der Waals surface area contributed by atoms with Crippen LogP contribution in [0.2, 0.25) is 0 Å². The Morgan fingerprint density at radius 2 is 2.12 bits per heavy atom. The molecule has 0 aromatic heterocycles. The van der Waals surface area contributed by atoms with Crippen molar-refractivity contribution in [3.63, 3.8) is 0 Å². The summed E-state index contributed by atoms with van der Waals surface area (Å²) in [5, 5.41) is 0. The largest absolute Gasteiger partial charge is 0.342 e. The van der Waals surface area contributed by atoms with Gasteiger partial charge >= 0.3 is 0 Å². The summed E-state index contributed by atoms with van der Waals surface area (Å²) in [6, 6.07) is 8.67. The van der Waals surface area contributed by atoms with E-state index < -0.39 is 0 Å². The van der Waals surface area contributed by atoms with Crippen molar-refractivity contribution in [2.24, 2.45) is 28.9 Å². The highest BCUT2D eigenvalue weighted by Gasteiger charge is 2.68. The van der Waals surface area contributed by atoms with E-state index >= 15 is 0 Å². The van der Waals surface area contributed by atoms with E-state index in [1.165, 1.54) is 17.5 Å². The van der Waals surface area contributed by atoms with E-state index in [4.69, 9.17) is 5.73 Å². The molecule has 24 heavy (non-hydrogen) atoms. The summed E-state index contributed by atoms with van der Waals surface area (Å²) in [7, 11) is 0. The summed E-state index contributed by atoms with van der Waals surface area (Å²) in [5.41, 5.74) is 8.84. The quantitative estimate of drug-likeness (QED) is 0.869. The molecule has 126 valence electrons. The van der Waals surface area contributed by atoms with E-state index in [1.807, 2.05) is 0 Å². The molecule has 1 saturated heterocycles. The first kappa shape index (κ1) is 14.7. The first-order chi connectivity index (χ1) is 11.7. The number of piperidine rings is 1. The summed E-state index contributed by atoms with van der Waals surface area (Å²) in [4.78, 5) is 15.1. The molecule has 1 aromatic carbocycles. The zero-order valence-corrected chi connectivity index (χ0v) is 14.2. The minimum Gasteiger partial charge on any atom is -0.342 e. The van der Waals surface area contributed by atoms with Gasteiger partial charge in [-0.15, -0.1) is 0 Å². The van der Waals surface area contributed by atoms with Crippen LogP contribution in [0.3, 0.4) is 0 Å². The summed E-state index contributed by atoms with van der Waals surface area (Å²) in [6.45, 7) is 2.44. The second-order valence-corrected chi connectivity index (χ2v) is 8.29. The van der Waals surface area contributed by atoms with Crippen LogP contribution in [0.15, 0.2) is 36.4 Å². The molecule has 0 bridgehead atoms. The van der Waals surface area contributed by atoms with Crippen LogP contribution in [0.5, 0.6) is 0 Å². The molecule has 3 fully saturated rings. The van der Waals surface area contributed by atoms with Gasteiger partial charge in [-0.25, -0.2) is 0 Å². The van der Waals surface area contributed by atoms with Gasteiger partial charge in [-0.05, 0) is 60.0 Å². The molecule has 1 spiro atoms. The van der Waals surface area contributed by atoms with Crippen LogP contribution >= 0.6 is 0 Å². The number of carbonyl (C=O) groups is 1. The fourth-order valence-electron chi connectivity index (χ4n) is 5.60. The zero-order chi connectivity index (χ0) is 16.3. The number of hydrogen-bond acceptors (Lipinski definition) is 2. The lowest BCUT2D eigenvalue weighted by atomic mass is 9.74. The predicted molar refractivity (Wildman–Crippen MR) is 94.2 cm³/mol. The molecule has 2 saturated carbocycles. The lowest BCUT2D eigenvalue weighted by molar-refractivity contribution is -0.138. The molecule has 3 heteroatoms. The van der Waals surface area contributed by atoms with Crippen LogP contribution in [0.1, 0.15) is 42.7 Å². The third-order valence-corrected chi connectivity index (χ3v) is 7.19. The van der Waals surface area contributed by atoms with E-state index in [9.17, 15) is 4.79 Å². The minimum atomic E-state index is 0.283. The van der Waals surface area contributed by atoms with E-state index in [0.29, 0.717) is 29.7 Å². The van der Waals surface area contributed by atoms with Crippen molar-refractivity contribution in [3.05, 3.63) is 47.5 Å². The molecule has 4 aliphatic rings. The highest BCUT2D eigenvalue weighted by atomic mass is 16.2. The molecule has 4 unspecified atom stereocenters. The summed E-state index contributed by atoms with van der Waals surface area (Å²) >= 11 is 0. The Hall–Kier alpha value is -1.61. The highest BCUT2D eigenvalue weighted by Crippen LogP contribution is 2.74. The predicted octanol–water partition coefficient (Wildman–Crippen LogP) is 3.06. The fraction of sp³-hybridized carbons (Fsp3) is 0.571. The maximum Gasteiger partial charge on any atom is 0.226 e. The van der Waals surface area contributed by atoms with Crippen molar-refractivity contribution < 1.29 is 4.79 Å². The molecule has 5 rings (SSSR count). The Morgan fingerprint density at radius 1 is 1.29 bits per heavy atom. The first-order valence-electron chi connectivity index (χ1n) is 9.48. The van der Waals surface area contributed by atoms with Crippen LogP contribution in [0, 0.1) is 23.2 Å². The fourth-order valence-corrected chi connectivity index (χ4v) is 5.60. The van der Waals surface area contributed by atoms with Crippen LogP contribution in [-0.4, -0.2) is 23.9 Å². The Balaban J connectivity index is 1.22. The summed E-state index contributed by atoms with van der Waals surface area (Å²) < 4.78 is 0. The van der Waals surface area contributed by atoms with E-state index in [2.05, 4.69) is 41.3 Å². The van der Waals surface area contributed by atoms with Gasteiger partial charge < -0.3 is 10.6 Å². The summed E-state index contributed by atoms with van der Waals surface area (Å²) in [5.74, 6) is 2.68. The van der Waals surface area contributed by atoms with Crippen LogP contribution in [0.25, 0.3) is 0 Å². The SMILES string of the molecule is NCc1cccc(C2CCN(C(=O)C3CC4CC45C=CC35)CC2)c1. The van der Waals surface area contributed by atoms with Gasteiger partial charge in [0.05, 0.1) is 0 Å². The van der Waals surface area contributed by atoms with Gasteiger partial charge in [-0.2, -0.15) is 0 Å². The van der Waals surface area contributed by atoms with Gasteiger partial charge in [0.1, 0.15) is 0 Å². The number of carbonyl (C=O) groups excluding carboxylic acids is 1. The molecule has 4 atom stereocenters. The van der Waals surface area contributed by atoms with E-state index in [0.717, 1.165) is 38.3 Å². The second-order valence-electron chi connectivity index (χ2n) is 8.29. The van der Waals surface area contributed by atoms with Gasteiger partial charge in [0.25, 0.3) is 0 Å². The molecule has 1 aliphatic heterocycles. The lowest BCUT2D eigenvalue weighted by Gasteiger charge is -2.37. The second kappa shape index (κ2) is 5.19. The number of rotatable bonds is 3. The van der Waals surface area contributed by atoms with E-state index in [-0.39, 0.29) is 5.92 Å². The van der Waals surface area contributed by atoms with E-state index in [1.54, 1.807) is 0 Å². The standard InChI is InChI=1S/C21H26N2O/c22-13-14-2-1-3-16(10-14)15-5-8-23(9-6-15)20(24)18-11-17-12-21(17)7-4-19(18)21/h1-4,7,10,15,17-19H,5-6,8-9,11-13,22H2. The molecule has 2 N–H and O–H groups in total. The molecule has 0 radical (unpaired) electrons. The van der Waals surface area contributed by atoms with Crippen molar-refractivity contribution >= 4 is 5.91 Å². The van der Waals surface area contributed by atoms with Gasteiger partial charge in [-0.1, -0.05) is 36.4 Å². The van der Waals surface area contributed by atoms with Crippen molar-refractivity contribution in [1.82, 2.24) is 4.90 Å². The Morgan fingerprint density at radius 3 is 2.79 bits per heavy atom. The Kier molecular flexibility index (Phi) is 3.18. The minimum absolute atomic E-state index is 0.283. The van der Waals surface area contributed by atoms with Gasteiger partial charge in [0.2, 0.25) is 5.91 Å². The number of amides is 1. The third-order valence-electron chi connectivity index (χ3n) is 7.19. The molecular formula is C21H26N2O. The normalized spacial score (nSPS) is 36.9. The van der Waals surface area contributed by atoms with Crippen molar-refractivity contribution in [1.29, 1.82) is 0 Å². The number of hydrogen-bond donors (Lipinski definition) is 1. The molecule has 1 amide bonds. The lowest BCUT2D eigenvalue weighted by Crippen LogP contribution is -2.44. The van der Waals surface area contributed by atoms with Gasteiger partial charge in [0, 0.05) is 25.6 Å². The van der Waals surface area contributed by atoms with Crippen molar-refractivity contribution in [2.45, 2.75) is 38.1 Å². The molecule has 3 nitrogen and oxygen atoms in total. The maximum atomic E-state index is 13.0. The number of allylic oxidation sites excluding steroid dienone is 2. The molecule has 1 heterocycles. The zero-order valence-electron chi connectivity index (χ0n) is 14.2. The first-order valence-corrected chi connectivity index (χ1v) is 9.48. The van der Waals surface area contributed by atoms with Crippen LogP contribution in [0.4, 0.5) is 0 Å². The maximum absolute atomic E-state index is 13.0. The molecule has 1 aromatic rings.